The number of aryl methyl sites for hydroxylation is 2. The van der Waals surface area contributed by atoms with E-state index in [1.165, 1.54) is 0 Å². The van der Waals surface area contributed by atoms with Crippen LogP contribution in [0.15, 0.2) is 24.4 Å². The first kappa shape index (κ1) is 14.0. The van der Waals surface area contributed by atoms with Gasteiger partial charge in [0.2, 0.25) is 0 Å². The molecule has 0 fully saturated rings. The lowest BCUT2D eigenvalue weighted by Crippen LogP contribution is -2.25. The molecule has 1 N–H and O–H groups in total. The number of nitrogens with zero attached hydrogens (tertiary/aromatic N) is 3. The Balaban J connectivity index is 2.39. The van der Waals surface area contributed by atoms with Crippen LogP contribution < -0.4 is 5.32 Å². The van der Waals surface area contributed by atoms with Crippen LogP contribution in [-0.4, -0.2) is 21.5 Å². The SMILES string of the molecule is CCCNC(c1cc(C)cc(Cl)c1)c1cnnn1C. The lowest BCUT2D eigenvalue weighted by Gasteiger charge is -2.19. The van der Waals surface area contributed by atoms with E-state index in [0.29, 0.717) is 0 Å². The highest BCUT2D eigenvalue weighted by Gasteiger charge is 2.18. The predicted octanol–water partition coefficient (Wildman–Crippen LogP) is 2.87. The molecule has 1 heterocycles. The van der Waals surface area contributed by atoms with Crippen LogP contribution in [0.3, 0.4) is 0 Å². The van der Waals surface area contributed by atoms with Gasteiger partial charge in [-0.25, -0.2) is 0 Å². The molecule has 4 nitrogen and oxygen atoms in total. The van der Waals surface area contributed by atoms with Gasteiger partial charge in [-0.2, -0.15) is 0 Å². The average molecular weight is 279 g/mol. The molecular formula is C14H19ClN4. The van der Waals surface area contributed by atoms with E-state index < -0.39 is 0 Å². The zero-order valence-corrected chi connectivity index (χ0v) is 12.3. The second-order valence-electron chi connectivity index (χ2n) is 4.73. The van der Waals surface area contributed by atoms with Gasteiger partial charge in [-0.3, -0.25) is 4.68 Å². The van der Waals surface area contributed by atoms with Gasteiger partial charge in [-0.05, 0) is 43.1 Å². The minimum atomic E-state index is 0.0670. The molecule has 1 aromatic carbocycles. The lowest BCUT2D eigenvalue weighted by atomic mass is 10.0. The molecule has 2 aromatic rings. The van der Waals surface area contributed by atoms with E-state index >= 15 is 0 Å². The van der Waals surface area contributed by atoms with Crippen LogP contribution in [-0.2, 0) is 7.05 Å². The van der Waals surface area contributed by atoms with Gasteiger partial charge < -0.3 is 5.32 Å². The largest absolute Gasteiger partial charge is 0.305 e. The lowest BCUT2D eigenvalue weighted by molar-refractivity contribution is 0.550. The maximum atomic E-state index is 6.16. The number of nitrogens with one attached hydrogen (secondary N) is 1. The molecule has 0 aliphatic carbocycles. The van der Waals surface area contributed by atoms with E-state index in [9.17, 15) is 0 Å². The second-order valence-corrected chi connectivity index (χ2v) is 5.17. The number of rotatable bonds is 5. The third-order valence-electron chi connectivity index (χ3n) is 3.04. The van der Waals surface area contributed by atoms with Crippen LogP contribution in [0.25, 0.3) is 0 Å². The number of aromatic nitrogens is 3. The molecule has 0 saturated heterocycles. The fourth-order valence-electron chi connectivity index (χ4n) is 2.17. The van der Waals surface area contributed by atoms with Gasteiger partial charge >= 0.3 is 0 Å². The minimum Gasteiger partial charge on any atom is -0.305 e. The van der Waals surface area contributed by atoms with Gasteiger partial charge in [-0.1, -0.05) is 29.8 Å². The van der Waals surface area contributed by atoms with Crippen molar-refractivity contribution in [3.63, 3.8) is 0 Å². The Kier molecular flexibility index (Phi) is 4.56. The molecule has 0 saturated carbocycles. The van der Waals surface area contributed by atoms with Crippen molar-refractivity contribution in [1.29, 1.82) is 0 Å². The van der Waals surface area contributed by atoms with Crippen LogP contribution >= 0.6 is 11.6 Å². The Bertz CT molecular complexity index is 530. The van der Waals surface area contributed by atoms with Crippen LogP contribution in [0.1, 0.15) is 36.2 Å². The summed E-state index contributed by atoms with van der Waals surface area (Å²) in [5.74, 6) is 0. The van der Waals surface area contributed by atoms with Crippen LogP contribution in [0, 0.1) is 6.92 Å². The normalized spacial score (nSPS) is 12.6. The van der Waals surface area contributed by atoms with Crippen molar-refractivity contribution in [2.75, 3.05) is 6.54 Å². The monoisotopic (exact) mass is 278 g/mol. The van der Waals surface area contributed by atoms with Crippen molar-refractivity contribution in [2.45, 2.75) is 26.3 Å². The summed E-state index contributed by atoms with van der Waals surface area (Å²) in [6.07, 6.45) is 2.87. The van der Waals surface area contributed by atoms with E-state index in [-0.39, 0.29) is 6.04 Å². The molecule has 0 aliphatic heterocycles. The first-order chi connectivity index (χ1) is 9.11. The maximum absolute atomic E-state index is 6.16. The highest BCUT2D eigenvalue weighted by atomic mass is 35.5. The van der Waals surface area contributed by atoms with Crippen molar-refractivity contribution < 1.29 is 0 Å². The fraction of sp³-hybridized carbons (Fsp3) is 0.429. The van der Waals surface area contributed by atoms with E-state index in [1.807, 2.05) is 26.1 Å². The molecule has 0 amide bonds. The van der Waals surface area contributed by atoms with E-state index in [0.717, 1.165) is 34.8 Å². The summed E-state index contributed by atoms with van der Waals surface area (Å²) in [5.41, 5.74) is 3.33. The van der Waals surface area contributed by atoms with E-state index in [2.05, 4.69) is 28.6 Å². The second kappa shape index (κ2) is 6.17. The molecule has 5 heteroatoms. The highest BCUT2D eigenvalue weighted by molar-refractivity contribution is 6.30. The summed E-state index contributed by atoms with van der Waals surface area (Å²) in [6.45, 7) is 5.13. The van der Waals surface area contributed by atoms with Gasteiger partial charge in [0.15, 0.2) is 0 Å². The van der Waals surface area contributed by atoms with Crippen molar-refractivity contribution in [1.82, 2.24) is 20.3 Å². The number of hydrogen-bond donors (Lipinski definition) is 1. The Morgan fingerprint density at radius 2 is 2.16 bits per heavy atom. The van der Waals surface area contributed by atoms with E-state index in [4.69, 9.17) is 11.6 Å². The first-order valence-corrected chi connectivity index (χ1v) is 6.84. The molecule has 0 radical (unpaired) electrons. The molecule has 102 valence electrons. The van der Waals surface area contributed by atoms with Gasteiger partial charge in [0.05, 0.1) is 17.9 Å². The Morgan fingerprint density at radius 3 is 2.74 bits per heavy atom. The molecule has 1 unspecified atom stereocenters. The molecule has 0 spiro atoms. The van der Waals surface area contributed by atoms with Crippen molar-refractivity contribution in [3.8, 4) is 0 Å². The maximum Gasteiger partial charge on any atom is 0.0798 e. The Morgan fingerprint density at radius 1 is 1.37 bits per heavy atom. The van der Waals surface area contributed by atoms with Crippen molar-refractivity contribution in [3.05, 3.63) is 46.2 Å². The van der Waals surface area contributed by atoms with Crippen LogP contribution in [0.5, 0.6) is 0 Å². The highest BCUT2D eigenvalue weighted by Crippen LogP contribution is 2.25. The summed E-state index contributed by atoms with van der Waals surface area (Å²) < 4.78 is 1.80. The van der Waals surface area contributed by atoms with Gasteiger partial charge in [0, 0.05) is 12.1 Å². The van der Waals surface area contributed by atoms with Crippen molar-refractivity contribution in [2.24, 2.45) is 7.05 Å². The van der Waals surface area contributed by atoms with Crippen LogP contribution in [0.4, 0.5) is 0 Å². The standard InChI is InChI=1S/C14H19ClN4/c1-4-5-16-14(13-9-17-18-19(13)3)11-6-10(2)7-12(15)8-11/h6-9,14,16H,4-5H2,1-3H3. The molecule has 0 aliphatic rings. The summed E-state index contributed by atoms with van der Waals surface area (Å²) in [6, 6.07) is 6.17. The van der Waals surface area contributed by atoms with Crippen molar-refractivity contribution >= 4 is 11.6 Å². The summed E-state index contributed by atoms with van der Waals surface area (Å²) in [7, 11) is 1.90. The smallest absolute Gasteiger partial charge is 0.0798 e. The Hall–Kier alpha value is -1.39. The van der Waals surface area contributed by atoms with E-state index in [1.54, 1.807) is 10.9 Å². The zero-order valence-electron chi connectivity index (χ0n) is 11.5. The molecule has 2 rings (SSSR count). The minimum absolute atomic E-state index is 0.0670. The summed E-state index contributed by atoms with van der Waals surface area (Å²) in [4.78, 5) is 0. The fourth-order valence-corrected chi connectivity index (χ4v) is 2.47. The molecular weight excluding hydrogens is 260 g/mol. The summed E-state index contributed by atoms with van der Waals surface area (Å²) >= 11 is 6.16. The Labute approximate surface area is 118 Å². The molecule has 0 bridgehead atoms. The van der Waals surface area contributed by atoms with Gasteiger partial charge in [0.25, 0.3) is 0 Å². The number of halogens is 1. The third kappa shape index (κ3) is 3.33. The molecule has 1 atom stereocenters. The topological polar surface area (TPSA) is 42.7 Å². The number of benzene rings is 1. The summed E-state index contributed by atoms with van der Waals surface area (Å²) in [5, 5.41) is 12.3. The number of hydrogen-bond acceptors (Lipinski definition) is 3. The molecule has 19 heavy (non-hydrogen) atoms. The average Bonchev–Trinajstić information content (AvgIpc) is 2.75. The third-order valence-corrected chi connectivity index (χ3v) is 3.26. The van der Waals surface area contributed by atoms with Crippen LogP contribution in [0.2, 0.25) is 5.02 Å². The molecule has 1 aromatic heterocycles. The predicted molar refractivity (Wildman–Crippen MR) is 77.3 cm³/mol. The first-order valence-electron chi connectivity index (χ1n) is 6.47. The quantitative estimate of drug-likeness (QED) is 0.914. The van der Waals surface area contributed by atoms with Gasteiger partial charge in [-0.15, -0.1) is 5.10 Å². The zero-order chi connectivity index (χ0) is 13.8. The van der Waals surface area contributed by atoms with Gasteiger partial charge in [0.1, 0.15) is 0 Å².